The van der Waals surface area contributed by atoms with Gasteiger partial charge in [-0.25, -0.2) is 9.18 Å². The summed E-state index contributed by atoms with van der Waals surface area (Å²) in [6.45, 7) is 2.62. The number of anilines is 1. The molecule has 2 aromatic carbocycles. The fourth-order valence-corrected chi connectivity index (χ4v) is 3.35. The molecule has 0 bridgehead atoms. The summed E-state index contributed by atoms with van der Waals surface area (Å²) >= 11 is 0. The van der Waals surface area contributed by atoms with Gasteiger partial charge in [0.25, 0.3) is 0 Å². The molecule has 6 nitrogen and oxygen atoms in total. The molecule has 1 unspecified atom stereocenters. The fraction of sp³-hybridized carbons (Fsp3) is 0.286. The highest BCUT2D eigenvalue weighted by Crippen LogP contribution is 2.31. The summed E-state index contributed by atoms with van der Waals surface area (Å²) < 4.78 is 18.6. The number of halogens is 1. The van der Waals surface area contributed by atoms with Crippen LogP contribution in [0.3, 0.4) is 0 Å². The van der Waals surface area contributed by atoms with Crippen molar-refractivity contribution in [2.45, 2.75) is 32.2 Å². The maximum atomic E-state index is 13.1. The second-order valence-electron chi connectivity index (χ2n) is 6.96. The molecular formula is C21H21FN4O2. The molecule has 2 heterocycles. The molecule has 0 spiro atoms. The van der Waals surface area contributed by atoms with Gasteiger partial charge in [0, 0.05) is 17.8 Å². The molecule has 1 saturated heterocycles. The van der Waals surface area contributed by atoms with Gasteiger partial charge in [0.2, 0.25) is 11.7 Å². The van der Waals surface area contributed by atoms with Crippen LogP contribution in [-0.4, -0.2) is 27.6 Å². The number of likely N-dealkylation sites (tertiary alicyclic amines) is 1. The Balaban J connectivity index is 1.53. The SMILES string of the molecule is Cc1ccc(NC(=O)N2CCCCC2c2nc(-c3ccc(F)cc3)no2)cc1. The minimum Gasteiger partial charge on any atom is -0.337 e. The Morgan fingerprint density at radius 3 is 2.64 bits per heavy atom. The van der Waals surface area contributed by atoms with Crippen molar-refractivity contribution in [3.05, 3.63) is 65.8 Å². The van der Waals surface area contributed by atoms with E-state index in [9.17, 15) is 9.18 Å². The number of nitrogens with zero attached hydrogens (tertiary/aromatic N) is 3. The van der Waals surface area contributed by atoms with Crippen molar-refractivity contribution in [2.75, 3.05) is 11.9 Å². The van der Waals surface area contributed by atoms with Crippen molar-refractivity contribution in [3.8, 4) is 11.4 Å². The summed E-state index contributed by atoms with van der Waals surface area (Å²) in [4.78, 5) is 19.0. The van der Waals surface area contributed by atoms with Crippen molar-refractivity contribution >= 4 is 11.7 Å². The van der Waals surface area contributed by atoms with Gasteiger partial charge in [-0.3, -0.25) is 0 Å². The van der Waals surface area contributed by atoms with Crippen LogP contribution in [0.2, 0.25) is 0 Å². The zero-order chi connectivity index (χ0) is 19.5. The quantitative estimate of drug-likeness (QED) is 0.698. The molecule has 4 rings (SSSR count). The van der Waals surface area contributed by atoms with Gasteiger partial charge in [0.15, 0.2) is 0 Å². The minimum absolute atomic E-state index is 0.185. The average molecular weight is 380 g/mol. The zero-order valence-electron chi connectivity index (χ0n) is 15.6. The first-order valence-electron chi connectivity index (χ1n) is 9.34. The molecule has 0 saturated carbocycles. The van der Waals surface area contributed by atoms with E-state index in [0.717, 1.165) is 30.5 Å². The Kier molecular flexibility index (Phi) is 5.06. The lowest BCUT2D eigenvalue weighted by Gasteiger charge is -2.33. The molecule has 144 valence electrons. The fourth-order valence-electron chi connectivity index (χ4n) is 3.35. The van der Waals surface area contributed by atoms with E-state index < -0.39 is 0 Å². The van der Waals surface area contributed by atoms with Crippen molar-refractivity contribution < 1.29 is 13.7 Å². The van der Waals surface area contributed by atoms with Gasteiger partial charge >= 0.3 is 6.03 Å². The molecule has 1 aromatic heterocycles. The number of aryl methyl sites for hydroxylation is 1. The van der Waals surface area contributed by atoms with E-state index in [2.05, 4.69) is 15.5 Å². The van der Waals surface area contributed by atoms with Crippen LogP contribution in [0.25, 0.3) is 11.4 Å². The van der Waals surface area contributed by atoms with Crippen LogP contribution in [0.1, 0.15) is 36.8 Å². The van der Waals surface area contributed by atoms with E-state index in [1.54, 1.807) is 17.0 Å². The number of amides is 2. The number of nitrogens with one attached hydrogen (secondary N) is 1. The van der Waals surface area contributed by atoms with E-state index in [-0.39, 0.29) is 17.9 Å². The first-order valence-corrected chi connectivity index (χ1v) is 9.34. The Labute approximate surface area is 162 Å². The number of urea groups is 1. The number of piperidine rings is 1. The number of carbonyl (C=O) groups is 1. The lowest BCUT2D eigenvalue weighted by atomic mass is 10.0. The maximum absolute atomic E-state index is 13.1. The largest absolute Gasteiger partial charge is 0.337 e. The molecule has 1 aliphatic heterocycles. The topological polar surface area (TPSA) is 71.3 Å². The highest BCUT2D eigenvalue weighted by Gasteiger charge is 2.32. The number of aromatic nitrogens is 2. The summed E-state index contributed by atoms with van der Waals surface area (Å²) in [6.07, 6.45) is 2.66. The Bertz CT molecular complexity index is 953. The lowest BCUT2D eigenvalue weighted by Crippen LogP contribution is -2.41. The van der Waals surface area contributed by atoms with Crippen molar-refractivity contribution in [1.29, 1.82) is 0 Å². The summed E-state index contributed by atoms with van der Waals surface area (Å²) in [5.74, 6) is 0.469. The number of hydrogen-bond donors (Lipinski definition) is 1. The van der Waals surface area contributed by atoms with Crippen molar-refractivity contribution in [2.24, 2.45) is 0 Å². The molecule has 0 aliphatic carbocycles. The van der Waals surface area contributed by atoms with E-state index in [0.29, 0.717) is 23.8 Å². The second kappa shape index (κ2) is 7.80. The third-order valence-electron chi connectivity index (χ3n) is 4.90. The van der Waals surface area contributed by atoms with Gasteiger partial charge in [-0.2, -0.15) is 4.98 Å². The van der Waals surface area contributed by atoms with E-state index >= 15 is 0 Å². The maximum Gasteiger partial charge on any atom is 0.322 e. The number of hydrogen-bond acceptors (Lipinski definition) is 4. The molecule has 3 aromatic rings. The summed E-state index contributed by atoms with van der Waals surface area (Å²) in [6, 6.07) is 13.1. The van der Waals surface area contributed by atoms with Crippen LogP contribution in [0.5, 0.6) is 0 Å². The molecule has 0 radical (unpaired) electrons. The first-order chi connectivity index (χ1) is 13.6. The van der Waals surface area contributed by atoms with Crippen LogP contribution >= 0.6 is 0 Å². The summed E-state index contributed by atoms with van der Waals surface area (Å²) in [5.41, 5.74) is 2.55. The van der Waals surface area contributed by atoms with Gasteiger partial charge in [-0.15, -0.1) is 0 Å². The van der Waals surface area contributed by atoms with E-state index in [4.69, 9.17) is 4.52 Å². The van der Waals surface area contributed by atoms with Crippen molar-refractivity contribution in [1.82, 2.24) is 15.0 Å². The summed E-state index contributed by atoms with van der Waals surface area (Å²) in [7, 11) is 0. The Hall–Kier alpha value is -3.22. The molecule has 7 heteroatoms. The molecule has 1 fully saturated rings. The van der Waals surface area contributed by atoms with Gasteiger partial charge in [0.05, 0.1) is 0 Å². The van der Waals surface area contributed by atoms with Crippen LogP contribution in [-0.2, 0) is 0 Å². The second-order valence-corrected chi connectivity index (χ2v) is 6.96. The lowest BCUT2D eigenvalue weighted by molar-refractivity contribution is 0.142. The highest BCUT2D eigenvalue weighted by atomic mass is 19.1. The van der Waals surface area contributed by atoms with Crippen LogP contribution in [0.15, 0.2) is 53.1 Å². The predicted molar refractivity (Wildman–Crippen MR) is 103 cm³/mol. The van der Waals surface area contributed by atoms with E-state index in [1.807, 2.05) is 31.2 Å². The molecule has 1 aliphatic rings. The third-order valence-corrected chi connectivity index (χ3v) is 4.90. The van der Waals surface area contributed by atoms with Crippen LogP contribution < -0.4 is 5.32 Å². The standard InChI is InChI=1S/C21H21FN4O2/c1-14-5-11-17(12-6-14)23-21(27)26-13-3-2-4-18(26)20-24-19(25-28-20)15-7-9-16(22)10-8-15/h5-12,18H,2-4,13H2,1H3,(H,23,27). The zero-order valence-corrected chi connectivity index (χ0v) is 15.6. The number of benzene rings is 2. The smallest absolute Gasteiger partial charge is 0.322 e. The average Bonchev–Trinajstić information content (AvgIpc) is 3.20. The third kappa shape index (κ3) is 3.88. The molecular weight excluding hydrogens is 359 g/mol. The van der Waals surface area contributed by atoms with Gasteiger partial charge in [0.1, 0.15) is 11.9 Å². The first kappa shape index (κ1) is 18.2. The minimum atomic E-state index is -0.321. The molecule has 1 atom stereocenters. The van der Waals surface area contributed by atoms with Crippen LogP contribution in [0, 0.1) is 12.7 Å². The summed E-state index contributed by atoms with van der Waals surface area (Å²) in [5, 5.41) is 6.95. The van der Waals surface area contributed by atoms with Gasteiger partial charge in [-0.1, -0.05) is 22.9 Å². The van der Waals surface area contributed by atoms with Gasteiger partial charge < -0.3 is 14.7 Å². The number of rotatable bonds is 3. The highest BCUT2D eigenvalue weighted by molar-refractivity contribution is 5.89. The Morgan fingerprint density at radius 2 is 1.89 bits per heavy atom. The van der Waals surface area contributed by atoms with E-state index in [1.165, 1.54) is 12.1 Å². The Morgan fingerprint density at radius 1 is 1.14 bits per heavy atom. The normalized spacial score (nSPS) is 16.8. The monoisotopic (exact) mass is 380 g/mol. The molecule has 28 heavy (non-hydrogen) atoms. The van der Waals surface area contributed by atoms with Gasteiger partial charge in [-0.05, 0) is 62.6 Å². The molecule has 1 N–H and O–H groups in total. The molecule has 2 amide bonds. The van der Waals surface area contributed by atoms with Crippen molar-refractivity contribution in [3.63, 3.8) is 0 Å². The number of carbonyl (C=O) groups excluding carboxylic acids is 1. The van der Waals surface area contributed by atoms with Crippen LogP contribution in [0.4, 0.5) is 14.9 Å². The predicted octanol–water partition coefficient (Wildman–Crippen LogP) is 4.94.